The summed E-state index contributed by atoms with van der Waals surface area (Å²) in [6, 6.07) is 6.00. The predicted molar refractivity (Wildman–Crippen MR) is 65.7 cm³/mol. The molecule has 4 heteroatoms. The monoisotopic (exact) mass is 264 g/mol. The molecule has 0 radical (unpaired) electrons. The summed E-state index contributed by atoms with van der Waals surface area (Å²) in [6.45, 7) is 3.57. The molecule has 0 aliphatic carbocycles. The van der Waals surface area contributed by atoms with Crippen LogP contribution in [0.25, 0.3) is 0 Å². The molecule has 2 rings (SSSR count). The second-order valence-electron chi connectivity index (χ2n) is 4.39. The van der Waals surface area contributed by atoms with E-state index in [1.165, 1.54) is 0 Å². The number of benzene rings is 2. The van der Waals surface area contributed by atoms with Gasteiger partial charge in [0.2, 0.25) is 0 Å². The highest BCUT2D eigenvalue weighted by Gasteiger charge is 2.19. The zero-order valence-electron chi connectivity index (χ0n) is 10.4. The minimum absolute atomic E-state index is 0.274. The molecule has 0 bridgehead atoms. The Balaban J connectivity index is 2.53. The molecule has 0 N–H and O–H groups in total. The van der Waals surface area contributed by atoms with Gasteiger partial charge in [-0.3, -0.25) is 4.79 Å². The summed E-state index contributed by atoms with van der Waals surface area (Å²) in [5.74, 6) is -4.28. The van der Waals surface area contributed by atoms with Gasteiger partial charge in [-0.15, -0.1) is 0 Å². The van der Waals surface area contributed by atoms with E-state index in [-0.39, 0.29) is 5.56 Å². The second kappa shape index (κ2) is 4.88. The number of ketones is 1. The fourth-order valence-corrected chi connectivity index (χ4v) is 1.91. The van der Waals surface area contributed by atoms with Crippen molar-refractivity contribution in [2.75, 3.05) is 0 Å². The van der Waals surface area contributed by atoms with Crippen LogP contribution in [0.4, 0.5) is 13.2 Å². The molecule has 0 aliphatic heterocycles. The van der Waals surface area contributed by atoms with Crippen molar-refractivity contribution >= 4 is 5.78 Å². The molecule has 0 heterocycles. The van der Waals surface area contributed by atoms with E-state index in [1.54, 1.807) is 25.1 Å². The first-order chi connectivity index (χ1) is 8.90. The van der Waals surface area contributed by atoms with E-state index in [9.17, 15) is 18.0 Å². The van der Waals surface area contributed by atoms with Gasteiger partial charge in [0.1, 0.15) is 5.82 Å². The topological polar surface area (TPSA) is 17.1 Å². The maximum Gasteiger partial charge on any atom is 0.196 e. The third-order valence-corrected chi connectivity index (χ3v) is 2.88. The van der Waals surface area contributed by atoms with Crippen molar-refractivity contribution in [2.45, 2.75) is 13.8 Å². The first-order valence-corrected chi connectivity index (χ1v) is 5.66. The minimum Gasteiger partial charge on any atom is -0.288 e. The van der Waals surface area contributed by atoms with Crippen LogP contribution in [-0.2, 0) is 0 Å². The van der Waals surface area contributed by atoms with Crippen LogP contribution in [0.15, 0.2) is 30.3 Å². The molecular weight excluding hydrogens is 253 g/mol. The Kier molecular flexibility index (Phi) is 3.42. The van der Waals surface area contributed by atoms with Crippen molar-refractivity contribution in [1.29, 1.82) is 0 Å². The number of hydrogen-bond acceptors (Lipinski definition) is 1. The summed E-state index contributed by atoms with van der Waals surface area (Å²) in [6.07, 6.45) is 0. The molecule has 19 heavy (non-hydrogen) atoms. The smallest absolute Gasteiger partial charge is 0.196 e. The van der Waals surface area contributed by atoms with Crippen molar-refractivity contribution in [3.8, 4) is 0 Å². The molecule has 0 saturated carbocycles. The SMILES string of the molecule is Cc1ccc(C(=O)c2cc(F)c(F)cc2F)c(C)c1. The number of halogens is 3. The van der Waals surface area contributed by atoms with Crippen molar-refractivity contribution in [2.24, 2.45) is 0 Å². The first-order valence-electron chi connectivity index (χ1n) is 5.66. The first kappa shape index (κ1) is 13.3. The van der Waals surface area contributed by atoms with Gasteiger partial charge in [0.25, 0.3) is 0 Å². The predicted octanol–water partition coefficient (Wildman–Crippen LogP) is 3.95. The van der Waals surface area contributed by atoms with E-state index in [4.69, 9.17) is 0 Å². The Labute approximate surface area is 108 Å². The Morgan fingerprint density at radius 2 is 1.47 bits per heavy atom. The number of aryl methyl sites for hydroxylation is 2. The molecular formula is C15H11F3O. The van der Waals surface area contributed by atoms with Crippen LogP contribution < -0.4 is 0 Å². The van der Waals surface area contributed by atoms with Crippen LogP contribution in [0.1, 0.15) is 27.0 Å². The lowest BCUT2D eigenvalue weighted by Crippen LogP contribution is -2.08. The van der Waals surface area contributed by atoms with E-state index < -0.39 is 28.8 Å². The quantitative estimate of drug-likeness (QED) is 0.593. The zero-order valence-corrected chi connectivity index (χ0v) is 10.4. The molecule has 0 aromatic heterocycles. The maximum atomic E-state index is 13.6. The van der Waals surface area contributed by atoms with E-state index in [1.807, 2.05) is 6.92 Å². The van der Waals surface area contributed by atoms with Crippen LogP contribution >= 0.6 is 0 Å². The number of carbonyl (C=O) groups is 1. The molecule has 2 aromatic rings. The van der Waals surface area contributed by atoms with Gasteiger partial charge < -0.3 is 0 Å². The van der Waals surface area contributed by atoms with Crippen LogP contribution in [0.3, 0.4) is 0 Å². The van der Waals surface area contributed by atoms with Crippen molar-refractivity contribution < 1.29 is 18.0 Å². The fraction of sp³-hybridized carbons (Fsp3) is 0.133. The molecule has 0 spiro atoms. The zero-order chi connectivity index (χ0) is 14.2. The average molecular weight is 264 g/mol. The van der Waals surface area contributed by atoms with Gasteiger partial charge in [-0.2, -0.15) is 0 Å². The van der Waals surface area contributed by atoms with Crippen molar-refractivity contribution in [3.63, 3.8) is 0 Å². The number of hydrogen-bond donors (Lipinski definition) is 0. The van der Waals surface area contributed by atoms with Gasteiger partial charge in [0, 0.05) is 11.6 Å². The summed E-state index contributed by atoms with van der Waals surface area (Å²) in [5, 5.41) is 0. The Hall–Kier alpha value is -2.10. The van der Waals surface area contributed by atoms with E-state index in [0.717, 1.165) is 5.56 Å². The summed E-state index contributed by atoms with van der Waals surface area (Å²) >= 11 is 0. The highest BCUT2D eigenvalue weighted by Crippen LogP contribution is 2.20. The largest absolute Gasteiger partial charge is 0.288 e. The Morgan fingerprint density at radius 1 is 0.842 bits per heavy atom. The van der Waals surface area contributed by atoms with Crippen LogP contribution in [0, 0.1) is 31.3 Å². The molecule has 0 unspecified atom stereocenters. The Morgan fingerprint density at radius 3 is 2.11 bits per heavy atom. The summed E-state index contributed by atoms with van der Waals surface area (Å²) in [4.78, 5) is 12.1. The molecule has 0 amide bonds. The highest BCUT2D eigenvalue weighted by molar-refractivity contribution is 6.10. The van der Waals surface area contributed by atoms with Crippen LogP contribution in [0.2, 0.25) is 0 Å². The molecule has 0 fully saturated rings. The van der Waals surface area contributed by atoms with E-state index in [0.29, 0.717) is 17.7 Å². The van der Waals surface area contributed by atoms with Crippen molar-refractivity contribution in [3.05, 3.63) is 70.0 Å². The summed E-state index contributed by atoms with van der Waals surface area (Å²) in [7, 11) is 0. The van der Waals surface area contributed by atoms with Gasteiger partial charge >= 0.3 is 0 Å². The van der Waals surface area contributed by atoms with Crippen molar-refractivity contribution in [1.82, 2.24) is 0 Å². The molecule has 0 atom stereocenters. The van der Waals surface area contributed by atoms with Gasteiger partial charge in [0.05, 0.1) is 5.56 Å². The van der Waals surface area contributed by atoms with Gasteiger partial charge in [-0.1, -0.05) is 23.8 Å². The molecule has 1 nitrogen and oxygen atoms in total. The lowest BCUT2D eigenvalue weighted by atomic mass is 9.97. The van der Waals surface area contributed by atoms with Gasteiger partial charge in [0.15, 0.2) is 17.4 Å². The lowest BCUT2D eigenvalue weighted by Gasteiger charge is -2.07. The van der Waals surface area contributed by atoms with Crippen LogP contribution in [0.5, 0.6) is 0 Å². The van der Waals surface area contributed by atoms with E-state index in [2.05, 4.69) is 0 Å². The third-order valence-electron chi connectivity index (χ3n) is 2.88. The average Bonchev–Trinajstić information content (AvgIpc) is 2.33. The second-order valence-corrected chi connectivity index (χ2v) is 4.39. The minimum atomic E-state index is -1.31. The van der Waals surface area contributed by atoms with E-state index >= 15 is 0 Å². The lowest BCUT2D eigenvalue weighted by molar-refractivity contribution is 0.103. The molecule has 0 saturated heterocycles. The maximum absolute atomic E-state index is 13.6. The van der Waals surface area contributed by atoms with Gasteiger partial charge in [-0.25, -0.2) is 13.2 Å². The normalized spacial score (nSPS) is 10.6. The highest BCUT2D eigenvalue weighted by atomic mass is 19.2. The van der Waals surface area contributed by atoms with Gasteiger partial charge in [-0.05, 0) is 25.5 Å². The third kappa shape index (κ3) is 2.52. The number of rotatable bonds is 2. The summed E-state index contributed by atoms with van der Waals surface area (Å²) in [5.41, 5.74) is 1.43. The fourth-order valence-electron chi connectivity index (χ4n) is 1.91. The molecule has 0 aliphatic rings. The number of carbonyl (C=O) groups excluding carboxylic acids is 1. The standard InChI is InChI=1S/C15H11F3O/c1-8-3-4-10(9(2)5-8)15(19)11-6-13(17)14(18)7-12(11)16/h3-7H,1-2H3. The summed E-state index contributed by atoms with van der Waals surface area (Å²) < 4.78 is 39.5. The van der Waals surface area contributed by atoms with Crippen LogP contribution in [-0.4, -0.2) is 5.78 Å². The molecule has 2 aromatic carbocycles. The molecule has 98 valence electrons. The Bertz CT molecular complexity index is 663.